The molecule has 0 aliphatic heterocycles. The van der Waals surface area contributed by atoms with Crippen molar-refractivity contribution in [1.29, 1.82) is 0 Å². The van der Waals surface area contributed by atoms with Gasteiger partial charge in [0.2, 0.25) is 17.8 Å². The number of imidazole rings is 1. The summed E-state index contributed by atoms with van der Waals surface area (Å²) in [6, 6.07) is 153. The molecule has 0 bridgehead atoms. The second kappa shape index (κ2) is 36.3. The summed E-state index contributed by atoms with van der Waals surface area (Å²) in [6.45, 7) is 2.15. The molecule has 0 aliphatic carbocycles. The van der Waals surface area contributed by atoms with Crippen molar-refractivity contribution in [2.45, 2.75) is 6.92 Å². The molecule has 19 aromatic carbocycles. The molecule has 20 heteroatoms. The van der Waals surface area contributed by atoms with E-state index in [1.165, 1.54) is 146 Å². The molecular formula is C130H80N16S4. The lowest BCUT2D eigenvalue weighted by Gasteiger charge is -2.11. The maximum atomic E-state index is 5.15. The highest BCUT2D eigenvalue weighted by Gasteiger charge is 2.28. The second-order valence-corrected chi connectivity index (χ2v) is 41.5. The highest BCUT2D eigenvalue weighted by atomic mass is 32.1. The molecule has 0 unspecified atom stereocenters. The van der Waals surface area contributed by atoms with Crippen LogP contribution in [-0.2, 0) is 0 Å². The highest BCUT2D eigenvalue weighted by molar-refractivity contribution is 7.27. The fraction of sp³-hybridized carbons (Fsp3) is 0.00769. The van der Waals surface area contributed by atoms with Crippen LogP contribution in [0.5, 0.6) is 0 Å². The first kappa shape index (κ1) is 87.5. The van der Waals surface area contributed by atoms with Gasteiger partial charge in [-0.3, -0.25) is 18.3 Å². The Morgan fingerprint density at radius 3 is 0.947 bits per heavy atom. The van der Waals surface area contributed by atoms with Crippen LogP contribution < -0.4 is 0 Å². The highest BCUT2D eigenvalue weighted by Crippen LogP contribution is 2.50. The van der Waals surface area contributed by atoms with Gasteiger partial charge >= 0.3 is 0 Å². The number of rotatable bonds is 11. The summed E-state index contributed by atoms with van der Waals surface area (Å²) in [5.41, 5.74) is 21.3. The summed E-state index contributed by atoms with van der Waals surface area (Å²) in [7, 11) is 0. The summed E-state index contributed by atoms with van der Waals surface area (Å²) >= 11 is 7.39. The number of hydrogen-bond acceptors (Lipinski definition) is 15. The molecular weight excluding hydrogens is 1910 g/mol. The molecule has 0 N–H and O–H groups in total. The van der Waals surface area contributed by atoms with E-state index in [0.29, 0.717) is 47.0 Å². The zero-order valence-corrected chi connectivity index (χ0v) is 83.5. The van der Waals surface area contributed by atoms with Crippen LogP contribution in [0.2, 0.25) is 0 Å². The Morgan fingerprint density at radius 2 is 0.507 bits per heavy atom. The Kier molecular flexibility index (Phi) is 21.2. The van der Waals surface area contributed by atoms with Gasteiger partial charge in [0.05, 0.1) is 60.9 Å². The number of aryl methyl sites for hydroxylation is 1. The first-order valence-corrected chi connectivity index (χ1v) is 52.9. The second-order valence-electron chi connectivity index (χ2n) is 37.2. The van der Waals surface area contributed by atoms with Crippen LogP contribution in [0.25, 0.3) is 276 Å². The largest absolute Gasteiger partial charge is 0.307 e. The number of benzene rings is 19. The third kappa shape index (κ3) is 14.8. The van der Waals surface area contributed by atoms with Crippen LogP contribution in [0.1, 0.15) is 5.56 Å². The molecule has 0 radical (unpaired) electrons. The Morgan fingerprint density at radius 1 is 0.193 bits per heavy atom. The SMILES string of the molecule is Cc1ccc2c(c1)c1c3c(ccc1n2-c1ncccn1)sc1ccccc13.c1ccc(-c2ccc(-c3nc(-c4ccccc4)nc(-n4c5ccccc5c5c6c(ccc54)sc4ccccc46)n3)cc2)cc1.c1ccc(-c2nc(-c3ccccc3)nc(-c3cnc(-n4c5ccccc5c5c6c(ccc54)sc4ccccc46)nc3)n2)cc1.c1ccc(-n2cnc3c(-n4c5ccccc5c5c6c(ccc54)sc4ccccc46)cccc32)cc1. The molecule has 704 valence electrons. The van der Waals surface area contributed by atoms with Crippen LogP contribution in [0.4, 0.5) is 0 Å². The number of nitrogens with zero attached hydrogens (tertiary/aromatic N) is 16. The number of aromatic nitrogens is 16. The lowest BCUT2D eigenvalue weighted by Crippen LogP contribution is -2.06. The molecule has 0 amide bonds. The fourth-order valence-electron chi connectivity index (χ4n) is 21.8. The van der Waals surface area contributed by atoms with E-state index >= 15 is 0 Å². The molecule has 0 saturated carbocycles. The molecule has 32 aromatic rings. The van der Waals surface area contributed by atoms with Gasteiger partial charge in [-0.05, 0) is 152 Å². The van der Waals surface area contributed by atoms with Gasteiger partial charge in [0, 0.05) is 177 Å². The van der Waals surface area contributed by atoms with Crippen molar-refractivity contribution in [3.8, 4) is 97.3 Å². The van der Waals surface area contributed by atoms with Crippen molar-refractivity contribution < 1.29 is 0 Å². The molecule has 16 nitrogen and oxygen atoms in total. The standard InChI is InChI=1S/C39H24N4S.C37H22N6S.C31H19N3S.C23H15N3S/c1-3-11-25(12-4-1)26-19-21-28(22-20-26)38-40-37(27-13-5-2-6-14-27)41-39(42-38)43-31-17-9-7-15-29(31)35-32(43)23-24-34-36(35)30-16-8-10-18-33(30)44-34;1-3-11-23(12-4-1)34-40-35(24-13-5-2-6-14-24)42-36(41-34)25-21-38-37(39-22-25)43-28-17-9-7-15-26(28)32-29(43)19-20-31-33(32)27-16-8-10-18-30(27)44-31;1-2-9-20(10-3-1)33-19-32-31-25(33)14-8-15-26(31)34-23-13-6-4-11-21(23)29-24(34)17-18-28-30(29)22-12-5-7-16-27(22)35-28;1-14-7-8-17-16(13-14)21-18(26(17)23-24-11-4-12-25-23)9-10-20-22(21)15-5-2-3-6-19(15)27-20/h1-24H;1-22H;1-19H;2-13H,1H3. The summed E-state index contributed by atoms with van der Waals surface area (Å²) < 4.78 is 21.5. The summed E-state index contributed by atoms with van der Waals surface area (Å²) in [6.07, 6.45) is 9.14. The normalized spacial score (nSPS) is 11.8. The van der Waals surface area contributed by atoms with Gasteiger partial charge in [-0.1, -0.05) is 309 Å². The topological polar surface area (TPSA) is 166 Å². The molecule has 0 spiro atoms. The van der Waals surface area contributed by atoms with Crippen molar-refractivity contribution in [3.63, 3.8) is 0 Å². The maximum absolute atomic E-state index is 5.15. The van der Waals surface area contributed by atoms with Crippen molar-refractivity contribution in [2.75, 3.05) is 0 Å². The summed E-state index contributed by atoms with van der Waals surface area (Å²) in [5, 5.41) is 20.4. The van der Waals surface area contributed by atoms with E-state index in [1.54, 1.807) is 24.8 Å². The summed E-state index contributed by atoms with van der Waals surface area (Å²) in [5.74, 6) is 4.93. The van der Waals surface area contributed by atoms with Crippen molar-refractivity contribution >= 4 is 224 Å². The quantitative estimate of drug-likeness (QED) is 0.121. The molecule has 13 aromatic heterocycles. The van der Waals surface area contributed by atoms with E-state index in [0.717, 1.165) is 88.9 Å². The number of thiophene rings is 4. The van der Waals surface area contributed by atoms with Crippen molar-refractivity contribution in [1.82, 2.24) is 77.7 Å². The van der Waals surface area contributed by atoms with Gasteiger partial charge < -0.3 is 4.57 Å². The number of fused-ring (bicyclic) bond motifs is 29. The molecule has 0 atom stereocenters. The van der Waals surface area contributed by atoms with Crippen LogP contribution in [0, 0.1) is 6.92 Å². The smallest absolute Gasteiger partial charge is 0.238 e. The monoisotopic (exact) mass is 1990 g/mol. The minimum Gasteiger partial charge on any atom is -0.307 e. The van der Waals surface area contributed by atoms with Crippen LogP contribution >= 0.6 is 45.3 Å². The Labute approximate surface area is 872 Å². The van der Waals surface area contributed by atoms with Gasteiger partial charge in [0.15, 0.2) is 29.1 Å². The molecule has 150 heavy (non-hydrogen) atoms. The van der Waals surface area contributed by atoms with Gasteiger partial charge in [0.1, 0.15) is 11.8 Å². The minimum atomic E-state index is 0.526. The predicted molar refractivity (Wildman–Crippen MR) is 625 cm³/mol. The van der Waals surface area contributed by atoms with Crippen LogP contribution in [-0.4, -0.2) is 77.7 Å². The van der Waals surface area contributed by atoms with E-state index in [9.17, 15) is 0 Å². The molecule has 32 rings (SSSR count). The third-order valence-electron chi connectivity index (χ3n) is 28.4. The first-order chi connectivity index (χ1) is 74.3. The lowest BCUT2D eigenvalue weighted by atomic mass is 10.0. The molecule has 0 fully saturated rings. The number of para-hydroxylation sites is 5. The Balaban J connectivity index is 0.0000000953. The number of hydrogen-bond donors (Lipinski definition) is 0. The van der Waals surface area contributed by atoms with E-state index in [4.69, 9.17) is 44.9 Å². The molecule has 0 aliphatic rings. The summed E-state index contributed by atoms with van der Waals surface area (Å²) in [4.78, 5) is 53.5. The van der Waals surface area contributed by atoms with E-state index in [2.05, 4.69) is 367 Å². The predicted octanol–water partition coefficient (Wildman–Crippen LogP) is 34.2. The van der Waals surface area contributed by atoms with Crippen LogP contribution in [0.15, 0.2) is 468 Å². The molecule has 13 heterocycles. The van der Waals surface area contributed by atoms with Gasteiger partial charge in [-0.25, -0.2) is 44.9 Å². The van der Waals surface area contributed by atoms with Gasteiger partial charge in [0.25, 0.3) is 0 Å². The minimum absolute atomic E-state index is 0.526. The van der Waals surface area contributed by atoms with E-state index in [-0.39, 0.29) is 0 Å². The van der Waals surface area contributed by atoms with Crippen molar-refractivity contribution in [3.05, 3.63) is 473 Å². The molecule has 0 saturated heterocycles. The third-order valence-corrected chi connectivity index (χ3v) is 33.0. The van der Waals surface area contributed by atoms with Gasteiger partial charge in [-0.15, -0.1) is 45.3 Å². The van der Waals surface area contributed by atoms with E-state index < -0.39 is 0 Å². The average Bonchev–Trinajstić information content (AvgIpc) is 1.57. The van der Waals surface area contributed by atoms with Crippen LogP contribution in [0.3, 0.4) is 0 Å². The van der Waals surface area contributed by atoms with E-state index in [1.807, 2.05) is 161 Å². The zero-order valence-electron chi connectivity index (χ0n) is 80.2. The first-order valence-electron chi connectivity index (χ1n) is 49.6. The van der Waals surface area contributed by atoms with Crippen molar-refractivity contribution in [2.24, 2.45) is 0 Å². The Hall–Kier alpha value is -19.1. The Bertz CT molecular complexity index is 10900. The zero-order chi connectivity index (χ0) is 99.0. The maximum Gasteiger partial charge on any atom is 0.238 e. The van der Waals surface area contributed by atoms with Gasteiger partial charge in [-0.2, -0.15) is 9.97 Å². The fourth-order valence-corrected chi connectivity index (χ4v) is 26.3. The average molecular weight is 1990 g/mol. The lowest BCUT2D eigenvalue weighted by molar-refractivity contribution is 0.953.